The Morgan fingerprint density at radius 1 is 1.35 bits per heavy atom. The Morgan fingerprint density at radius 2 is 2.00 bits per heavy atom. The van der Waals surface area contributed by atoms with E-state index < -0.39 is 0 Å². The monoisotopic (exact) mass is 271 g/mol. The number of nitriles is 1. The summed E-state index contributed by atoms with van der Waals surface area (Å²) in [6.45, 7) is 3.46. The fourth-order valence-corrected chi connectivity index (χ4v) is 2.78. The Hall–Kier alpha value is -1.86. The standard InChI is InChI=1S/C16H21N3O/c1-2-19(15-5-3-4-6-15)12-16(20)18-14-9-7-13(11-17)8-10-14/h7-10,15H,2-6,12H2,1H3,(H,18,20). The van der Waals surface area contributed by atoms with Crippen LogP contribution in [0.3, 0.4) is 0 Å². The molecule has 4 nitrogen and oxygen atoms in total. The summed E-state index contributed by atoms with van der Waals surface area (Å²) >= 11 is 0. The number of likely N-dealkylation sites (N-methyl/N-ethyl adjacent to an activating group) is 1. The van der Waals surface area contributed by atoms with Gasteiger partial charge in [0.15, 0.2) is 0 Å². The molecule has 1 fully saturated rings. The molecule has 0 spiro atoms. The maximum atomic E-state index is 12.1. The summed E-state index contributed by atoms with van der Waals surface area (Å²) in [7, 11) is 0. The largest absolute Gasteiger partial charge is 0.325 e. The highest BCUT2D eigenvalue weighted by atomic mass is 16.2. The molecule has 1 saturated carbocycles. The number of carbonyl (C=O) groups is 1. The lowest BCUT2D eigenvalue weighted by atomic mass is 10.2. The van der Waals surface area contributed by atoms with E-state index >= 15 is 0 Å². The quantitative estimate of drug-likeness (QED) is 0.896. The van der Waals surface area contributed by atoms with Gasteiger partial charge in [0.25, 0.3) is 0 Å². The van der Waals surface area contributed by atoms with Crippen molar-refractivity contribution in [3.8, 4) is 6.07 Å². The summed E-state index contributed by atoms with van der Waals surface area (Å²) in [5.74, 6) is 0.0171. The molecule has 0 bridgehead atoms. The number of nitrogens with zero attached hydrogens (tertiary/aromatic N) is 2. The molecule has 0 heterocycles. The van der Waals surface area contributed by atoms with Crippen LogP contribution < -0.4 is 5.32 Å². The normalized spacial score (nSPS) is 15.2. The van der Waals surface area contributed by atoms with Gasteiger partial charge in [0.1, 0.15) is 0 Å². The zero-order valence-electron chi connectivity index (χ0n) is 11.9. The van der Waals surface area contributed by atoms with Crippen LogP contribution in [-0.2, 0) is 4.79 Å². The summed E-state index contributed by atoms with van der Waals surface area (Å²) in [5, 5.41) is 11.6. The van der Waals surface area contributed by atoms with Gasteiger partial charge in [0, 0.05) is 11.7 Å². The molecule has 20 heavy (non-hydrogen) atoms. The third-order valence-corrected chi connectivity index (χ3v) is 3.89. The minimum absolute atomic E-state index is 0.0171. The van der Waals surface area contributed by atoms with Crippen LogP contribution in [0.5, 0.6) is 0 Å². The lowest BCUT2D eigenvalue weighted by Crippen LogP contribution is -2.39. The highest BCUT2D eigenvalue weighted by Gasteiger charge is 2.22. The number of carbonyl (C=O) groups excluding carboxylic acids is 1. The van der Waals surface area contributed by atoms with Crippen molar-refractivity contribution in [1.82, 2.24) is 4.90 Å². The Morgan fingerprint density at radius 3 is 2.55 bits per heavy atom. The van der Waals surface area contributed by atoms with E-state index in [1.54, 1.807) is 24.3 Å². The molecule has 0 radical (unpaired) electrons. The fourth-order valence-electron chi connectivity index (χ4n) is 2.78. The van der Waals surface area contributed by atoms with Crippen LogP contribution in [0.1, 0.15) is 38.2 Å². The second-order valence-corrected chi connectivity index (χ2v) is 5.24. The number of anilines is 1. The summed E-state index contributed by atoms with van der Waals surface area (Å²) in [5.41, 5.74) is 1.35. The molecule has 1 amide bonds. The van der Waals surface area contributed by atoms with Crippen molar-refractivity contribution in [3.05, 3.63) is 29.8 Å². The second kappa shape index (κ2) is 7.06. The molecule has 2 rings (SSSR count). The van der Waals surface area contributed by atoms with Crippen molar-refractivity contribution in [2.45, 2.75) is 38.6 Å². The van der Waals surface area contributed by atoms with Crippen LogP contribution in [0.25, 0.3) is 0 Å². The molecule has 0 atom stereocenters. The van der Waals surface area contributed by atoms with E-state index in [2.05, 4.69) is 23.2 Å². The molecule has 106 valence electrons. The first-order chi connectivity index (χ1) is 9.72. The van der Waals surface area contributed by atoms with E-state index in [1.807, 2.05) is 0 Å². The average Bonchev–Trinajstić information content (AvgIpc) is 2.99. The first kappa shape index (κ1) is 14.5. The SMILES string of the molecule is CCN(CC(=O)Nc1ccc(C#N)cc1)C1CCCC1. The molecule has 1 N–H and O–H groups in total. The molecule has 1 aliphatic carbocycles. The van der Waals surface area contributed by atoms with Crippen molar-refractivity contribution in [3.63, 3.8) is 0 Å². The predicted molar refractivity (Wildman–Crippen MR) is 79.3 cm³/mol. The van der Waals surface area contributed by atoms with Crippen LogP contribution in [0.4, 0.5) is 5.69 Å². The van der Waals surface area contributed by atoms with Gasteiger partial charge in [0.05, 0.1) is 18.2 Å². The number of hydrogen-bond acceptors (Lipinski definition) is 3. The van der Waals surface area contributed by atoms with E-state index in [4.69, 9.17) is 5.26 Å². The Balaban J connectivity index is 1.88. The van der Waals surface area contributed by atoms with Crippen LogP contribution in [0, 0.1) is 11.3 Å². The van der Waals surface area contributed by atoms with Crippen molar-refractivity contribution in [2.75, 3.05) is 18.4 Å². The van der Waals surface area contributed by atoms with E-state index in [9.17, 15) is 4.79 Å². The molecule has 1 aliphatic rings. The van der Waals surface area contributed by atoms with Gasteiger partial charge in [0.2, 0.25) is 5.91 Å². The van der Waals surface area contributed by atoms with Gasteiger partial charge in [-0.1, -0.05) is 19.8 Å². The Labute approximate surface area is 120 Å². The van der Waals surface area contributed by atoms with Crippen molar-refractivity contribution in [2.24, 2.45) is 0 Å². The minimum Gasteiger partial charge on any atom is -0.325 e. The lowest BCUT2D eigenvalue weighted by Gasteiger charge is -2.26. The highest BCUT2D eigenvalue weighted by molar-refractivity contribution is 5.92. The second-order valence-electron chi connectivity index (χ2n) is 5.24. The molecule has 0 aromatic heterocycles. The number of nitrogens with one attached hydrogen (secondary N) is 1. The van der Waals surface area contributed by atoms with Crippen LogP contribution in [0.2, 0.25) is 0 Å². The minimum atomic E-state index is 0.0171. The maximum absolute atomic E-state index is 12.1. The molecule has 1 aromatic carbocycles. The van der Waals surface area contributed by atoms with Crippen molar-refractivity contribution in [1.29, 1.82) is 5.26 Å². The molecule has 4 heteroatoms. The average molecular weight is 271 g/mol. The van der Waals surface area contributed by atoms with Gasteiger partial charge in [-0.25, -0.2) is 0 Å². The van der Waals surface area contributed by atoms with Gasteiger partial charge in [-0.05, 0) is 43.7 Å². The van der Waals surface area contributed by atoms with Gasteiger partial charge in [-0.3, -0.25) is 9.69 Å². The molecule has 0 aliphatic heterocycles. The molecular weight excluding hydrogens is 250 g/mol. The third-order valence-electron chi connectivity index (χ3n) is 3.89. The zero-order chi connectivity index (χ0) is 14.4. The van der Waals surface area contributed by atoms with Crippen molar-refractivity contribution >= 4 is 11.6 Å². The molecular formula is C16H21N3O. The summed E-state index contributed by atoms with van der Waals surface area (Å²) in [6, 6.07) is 9.58. The summed E-state index contributed by atoms with van der Waals surface area (Å²) < 4.78 is 0. The predicted octanol–water partition coefficient (Wildman–Crippen LogP) is 2.76. The topological polar surface area (TPSA) is 56.1 Å². The van der Waals surface area contributed by atoms with E-state index in [0.717, 1.165) is 12.2 Å². The van der Waals surface area contributed by atoms with E-state index in [0.29, 0.717) is 18.2 Å². The number of hydrogen-bond donors (Lipinski definition) is 1. The van der Waals surface area contributed by atoms with Gasteiger partial charge in [-0.2, -0.15) is 5.26 Å². The Kier molecular flexibility index (Phi) is 5.14. The van der Waals surface area contributed by atoms with Crippen LogP contribution in [0.15, 0.2) is 24.3 Å². The van der Waals surface area contributed by atoms with Crippen LogP contribution >= 0.6 is 0 Å². The zero-order valence-corrected chi connectivity index (χ0v) is 11.9. The van der Waals surface area contributed by atoms with Crippen LogP contribution in [-0.4, -0.2) is 29.9 Å². The first-order valence-electron chi connectivity index (χ1n) is 7.27. The number of amides is 1. The number of rotatable bonds is 5. The lowest BCUT2D eigenvalue weighted by molar-refractivity contribution is -0.117. The fraction of sp³-hybridized carbons (Fsp3) is 0.500. The van der Waals surface area contributed by atoms with Gasteiger partial charge >= 0.3 is 0 Å². The Bertz CT molecular complexity index is 483. The van der Waals surface area contributed by atoms with Crippen molar-refractivity contribution < 1.29 is 4.79 Å². The first-order valence-corrected chi connectivity index (χ1v) is 7.27. The molecule has 0 unspecified atom stereocenters. The summed E-state index contributed by atoms with van der Waals surface area (Å²) in [4.78, 5) is 14.3. The van der Waals surface area contributed by atoms with E-state index in [-0.39, 0.29) is 5.91 Å². The highest BCUT2D eigenvalue weighted by Crippen LogP contribution is 2.23. The maximum Gasteiger partial charge on any atom is 0.238 e. The smallest absolute Gasteiger partial charge is 0.238 e. The molecule has 1 aromatic rings. The third kappa shape index (κ3) is 3.82. The summed E-state index contributed by atoms with van der Waals surface area (Å²) in [6.07, 6.45) is 4.97. The number of benzene rings is 1. The van der Waals surface area contributed by atoms with Gasteiger partial charge in [-0.15, -0.1) is 0 Å². The molecule has 0 saturated heterocycles. The van der Waals surface area contributed by atoms with Gasteiger partial charge < -0.3 is 5.32 Å². The van der Waals surface area contributed by atoms with E-state index in [1.165, 1.54) is 25.7 Å².